The standard InChI is InChI=1S/C21H17N3O3/c1-14-19(25)17-18(16-10-6-3-7-11-16)22-13-23-20(17)24(21(14)26)27-12-15-8-4-2-5-9-15/h2-11,13,25H,12H2,1H3. The Balaban J connectivity index is 1.91. The van der Waals surface area contributed by atoms with Crippen molar-refractivity contribution in [1.29, 1.82) is 0 Å². The van der Waals surface area contributed by atoms with Crippen molar-refractivity contribution in [2.75, 3.05) is 0 Å². The molecule has 0 unspecified atom stereocenters. The molecule has 0 atom stereocenters. The Bertz CT molecular complexity index is 1160. The number of aromatic hydroxyl groups is 1. The number of fused-ring (bicyclic) bond motifs is 1. The smallest absolute Gasteiger partial charge is 0.291 e. The van der Waals surface area contributed by atoms with Gasteiger partial charge in [-0.3, -0.25) is 4.79 Å². The minimum absolute atomic E-state index is 0.131. The Morgan fingerprint density at radius 3 is 2.37 bits per heavy atom. The van der Waals surface area contributed by atoms with E-state index in [9.17, 15) is 9.90 Å². The lowest BCUT2D eigenvalue weighted by molar-refractivity contribution is 0.0971. The molecular formula is C21H17N3O3. The number of pyridine rings is 1. The third-order valence-electron chi connectivity index (χ3n) is 4.37. The zero-order chi connectivity index (χ0) is 18.8. The van der Waals surface area contributed by atoms with Crippen molar-refractivity contribution in [3.8, 4) is 17.0 Å². The van der Waals surface area contributed by atoms with Crippen LogP contribution in [-0.2, 0) is 6.61 Å². The molecule has 134 valence electrons. The summed E-state index contributed by atoms with van der Waals surface area (Å²) in [6.07, 6.45) is 1.36. The molecule has 0 aliphatic carbocycles. The third-order valence-corrected chi connectivity index (χ3v) is 4.37. The molecule has 0 aliphatic heterocycles. The summed E-state index contributed by atoms with van der Waals surface area (Å²) in [5, 5.41) is 11.0. The Morgan fingerprint density at radius 2 is 1.67 bits per heavy atom. The van der Waals surface area contributed by atoms with E-state index in [0.717, 1.165) is 15.9 Å². The fourth-order valence-electron chi connectivity index (χ4n) is 2.93. The molecule has 2 heterocycles. The van der Waals surface area contributed by atoms with Crippen molar-refractivity contribution in [3.05, 3.63) is 88.5 Å². The van der Waals surface area contributed by atoms with Gasteiger partial charge in [0.05, 0.1) is 16.6 Å². The van der Waals surface area contributed by atoms with Gasteiger partial charge in [-0.1, -0.05) is 60.7 Å². The van der Waals surface area contributed by atoms with Crippen LogP contribution in [0.5, 0.6) is 5.75 Å². The van der Waals surface area contributed by atoms with Crippen LogP contribution in [0.2, 0.25) is 0 Å². The van der Waals surface area contributed by atoms with E-state index in [1.54, 1.807) is 6.92 Å². The highest BCUT2D eigenvalue weighted by molar-refractivity contribution is 5.95. The molecule has 0 spiro atoms. The maximum atomic E-state index is 12.7. The molecule has 0 bridgehead atoms. The SMILES string of the molecule is Cc1c(O)c2c(-c3ccccc3)ncnc2n(OCc2ccccc2)c1=O. The summed E-state index contributed by atoms with van der Waals surface area (Å²) in [6.45, 7) is 1.76. The van der Waals surface area contributed by atoms with Crippen LogP contribution < -0.4 is 10.4 Å². The van der Waals surface area contributed by atoms with Crippen molar-refractivity contribution < 1.29 is 9.94 Å². The van der Waals surface area contributed by atoms with E-state index in [0.29, 0.717) is 11.1 Å². The predicted octanol–water partition coefficient (Wildman–Crippen LogP) is 3.10. The van der Waals surface area contributed by atoms with Gasteiger partial charge in [0.2, 0.25) is 0 Å². The van der Waals surface area contributed by atoms with Gasteiger partial charge in [0.25, 0.3) is 5.56 Å². The van der Waals surface area contributed by atoms with Gasteiger partial charge in [0.1, 0.15) is 18.7 Å². The lowest BCUT2D eigenvalue weighted by Crippen LogP contribution is -2.29. The van der Waals surface area contributed by atoms with E-state index in [2.05, 4.69) is 9.97 Å². The van der Waals surface area contributed by atoms with Crippen LogP contribution in [0, 0.1) is 6.92 Å². The first-order chi connectivity index (χ1) is 13.2. The van der Waals surface area contributed by atoms with E-state index in [1.165, 1.54) is 6.33 Å². The fourth-order valence-corrected chi connectivity index (χ4v) is 2.93. The molecule has 4 aromatic rings. The number of nitrogens with zero attached hydrogens (tertiary/aromatic N) is 3. The van der Waals surface area contributed by atoms with Crippen LogP contribution in [-0.4, -0.2) is 19.8 Å². The molecule has 0 aliphatic rings. The topological polar surface area (TPSA) is 77.2 Å². The predicted molar refractivity (Wildman–Crippen MR) is 102 cm³/mol. The number of hydrogen-bond donors (Lipinski definition) is 1. The van der Waals surface area contributed by atoms with Gasteiger partial charge in [-0.15, -0.1) is 4.73 Å². The Labute approximate surface area is 155 Å². The summed E-state index contributed by atoms with van der Waals surface area (Å²) in [4.78, 5) is 27.0. The van der Waals surface area contributed by atoms with Gasteiger partial charge >= 0.3 is 0 Å². The molecule has 2 aromatic heterocycles. The highest BCUT2D eigenvalue weighted by atomic mass is 16.7. The Kier molecular flexibility index (Phi) is 4.30. The molecule has 0 fully saturated rings. The summed E-state index contributed by atoms with van der Waals surface area (Å²) in [5.74, 6) is -0.131. The van der Waals surface area contributed by atoms with Crippen molar-refractivity contribution in [2.24, 2.45) is 0 Å². The lowest BCUT2D eigenvalue weighted by atomic mass is 10.1. The van der Waals surface area contributed by atoms with E-state index in [1.807, 2.05) is 60.7 Å². The second-order valence-electron chi connectivity index (χ2n) is 6.12. The van der Waals surface area contributed by atoms with Crippen LogP contribution in [0.15, 0.2) is 71.8 Å². The second-order valence-corrected chi connectivity index (χ2v) is 6.12. The number of aromatic nitrogens is 3. The van der Waals surface area contributed by atoms with Gasteiger partial charge in [0, 0.05) is 5.56 Å². The maximum Gasteiger partial charge on any atom is 0.291 e. The lowest BCUT2D eigenvalue weighted by Gasteiger charge is -2.15. The summed E-state index contributed by atoms with van der Waals surface area (Å²) < 4.78 is 1.13. The van der Waals surface area contributed by atoms with Crippen molar-refractivity contribution >= 4 is 11.0 Å². The van der Waals surface area contributed by atoms with Crippen LogP contribution in [0.1, 0.15) is 11.1 Å². The molecule has 27 heavy (non-hydrogen) atoms. The van der Waals surface area contributed by atoms with Crippen molar-refractivity contribution in [2.45, 2.75) is 13.5 Å². The monoisotopic (exact) mass is 359 g/mol. The van der Waals surface area contributed by atoms with E-state index in [-0.39, 0.29) is 23.6 Å². The molecule has 0 radical (unpaired) electrons. The molecule has 4 rings (SSSR count). The maximum absolute atomic E-state index is 12.7. The molecule has 0 saturated carbocycles. The normalized spacial score (nSPS) is 10.9. The summed E-state index contributed by atoms with van der Waals surface area (Å²) >= 11 is 0. The summed E-state index contributed by atoms with van der Waals surface area (Å²) in [5.41, 5.74) is 2.23. The molecule has 0 saturated heterocycles. The minimum atomic E-state index is -0.450. The zero-order valence-electron chi connectivity index (χ0n) is 14.7. The first-order valence-corrected chi connectivity index (χ1v) is 8.48. The van der Waals surface area contributed by atoms with E-state index in [4.69, 9.17) is 4.84 Å². The highest BCUT2D eigenvalue weighted by Gasteiger charge is 2.20. The third kappa shape index (κ3) is 3.01. The number of benzene rings is 2. The molecular weight excluding hydrogens is 342 g/mol. The van der Waals surface area contributed by atoms with Crippen LogP contribution in [0.4, 0.5) is 0 Å². The average molecular weight is 359 g/mol. The van der Waals surface area contributed by atoms with Crippen molar-refractivity contribution in [3.63, 3.8) is 0 Å². The Hall–Kier alpha value is -3.67. The van der Waals surface area contributed by atoms with Gasteiger partial charge in [-0.2, -0.15) is 0 Å². The molecule has 6 nitrogen and oxygen atoms in total. The number of rotatable bonds is 4. The fraction of sp³-hybridized carbons (Fsp3) is 0.0952. The highest BCUT2D eigenvalue weighted by Crippen LogP contribution is 2.32. The summed E-state index contributed by atoms with van der Waals surface area (Å²) in [7, 11) is 0. The molecule has 2 aromatic carbocycles. The van der Waals surface area contributed by atoms with E-state index < -0.39 is 5.56 Å². The van der Waals surface area contributed by atoms with Crippen LogP contribution >= 0.6 is 0 Å². The molecule has 1 N–H and O–H groups in total. The minimum Gasteiger partial charge on any atom is -0.507 e. The second kappa shape index (κ2) is 6.92. The Morgan fingerprint density at radius 1 is 1.00 bits per heavy atom. The van der Waals surface area contributed by atoms with Crippen molar-refractivity contribution in [1.82, 2.24) is 14.7 Å². The first kappa shape index (κ1) is 16.8. The largest absolute Gasteiger partial charge is 0.507 e. The van der Waals surface area contributed by atoms with Crippen LogP contribution in [0.3, 0.4) is 0 Å². The van der Waals surface area contributed by atoms with Crippen LogP contribution in [0.25, 0.3) is 22.3 Å². The quantitative estimate of drug-likeness (QED) is 0.606. The molecule has 6 heteroatoms. The molecule has 0 amide bonds. The zero-order valence-corrected chi connectivity index (χ0v) is 14.7. The summed E-state index contributed by atoms with van der Waals surface area (Å²) in [6, 6.07) is 19.0. The van der Waals surface area contributed by atoms with Gasteiger partial charge in [0.15, 0.2) is 5.65 Å². The van der Waals surface area contributed by atoms with Gasteiger partial charge < -0.3 is 9.94 Å². The number of hydrogen-bond acceptors (Lipinski definition) is 5. The average Bonchev–Trinajstić information content (AvgIpc) is 2.73. The van der Waals surface area contributed by atoms with Gasteiger partial charge in [-0.05, 0) is 12.5 Å². The van der Waals surface area contributed by atoms with Gasteiger partial charge in [-0.25, -0.2) is 9.97 Å². The first-order valence-electron chi connectivity index (χ1n) is 8.48. The van der Waals surface area contributed by atoms with E-state index >= 15 is 0 Å².